The van der Waals surface area contributed by atoms with Gasteiger partial charge in [-0.1, -0.05) is 30.3 Å². The van der Waals surface area contributed by atoms with Crippen molar-refractivity contribution in [3.8, 4) is 11.5 Å². The number of nitrogens with one attached hydrogen (secondary N) is 2. The summed E-state index contributed by atoms with van der Waals surface area (Å²) in [7, 11) is 3.17. The molecule has 2 aromatic rings. The highest BCUT2D eigenvalue weighted by atomic mass is 32.1. The zero-order valence-electron chi connectivity index (χ0n) is 15.9. The molecular weight excluding hydrogens is 376 g/mol. The Labute approximate surface area is 169 Å². The molecule has 1 heterocycles. The molecule has 2 aromatic carbocycles. The van der Waals surface area contributed by atoms with Crippen LogP contribution in [0.4, 0.5) is 0 Å². The predicted octanol–water partition coefficient (Wildman–Crippen LogP) is 3.20. The van der Waals surface area contributed by atoms with Crippen LogP contribution in [0.2, 0.25) is 0 Å². The molecule has 7 heteroatoms. The van der Waals surface area contributed by atoms with Crippen molar-refractivity contribution >= 4 is 29.0 Å². The molecule has 0 aliphatic carbocycles. The van der Waals surface area contributed by atoms with Crippen molar-refractivity contribution in [3.05, 3.63) is 65.2 Å². The summed E-state index contributed by atoms with van der Waals surface area (Å²) in [6.45, 7) is 2.03. The van der Waals surface area contributed by atoms with E-state index in [0.717, 1.165) is 11.1 Å². The summed E-state index contributed by atoms with van der Waals surface area (Å²) in [5, 5.41) is 6.69. The third-order valence-corrected chi connectivity index (χ3v) is 4.60. The third-order valence-electron chi connectivity index (χ3n) is 4.38. The fourth-order valence-electron chi connectivity index (χ4n) is 3.12. The minimum atomic E-state index is -0.562. The number of carbonyl (C=O) groups excluding carboxylic acids is 1. The lowest BCUT2D eigenvalue weighted by molar-refractivity contribution is -0.138. The van der Waals surface area contributed by atoms with Crippen molar-refractivity contribution in [1.29, 1.82) is 0 Å². The molecule has 146 valence electrons. The maximum atomic E-state index is 13.0. The number of rotatable bonds is 6. The first-order chi connectivity index (χ1) is 13.6. The second kappa shape index (κ2) is 8.75. The first kappa shape index (κ1) is 19.7. The molecule has 0 unspecified atom stereocenters. The average molecular weight is 398 g/mol. The van der Waals surface area contributed by atoms with Gasteiger partial charge in [-0.15, -0.1) is 0 Å². The molecule has 0 saturated heterocycles. The second-order valence-electron chi connectivity index (χ2n) is 6.01. The molecule has 0 aromatic heterocycles. The molecular formula is C21H22N2O4S. The van der Waals surface area contributed by atoms with E-state index >= 15 is 0 Å². The fourth-order valence-corrected chi connectivity index (χ4v) is 3.34. The summed E-state index contributed by atoms with van der Waals surface area (Å²) < 4.78 is 16.2. The lowest BCUT2D eigenvalue weighted by atomic mass is 9.92. The molecule has 0 radical (unpaired) electrons. The van der Waals surface area contributed by atoms with Crippen LogP contribution in [0.3, 0.4) is 0 Å². The van der Waals surface area contributed by atoms with Crippen molar-refractivity contribution in [2.24, 2.45) is 0 Å². The van der Waals surface area contributed by atoms with E-state index in [0.29, 0.717) is 27.9 Å². The standard InChI is InChI=1S/C21H22N2O4S/c1-4-27-20(24)17-18(13-8-6-5-7-9-13)22-21(28)23-19(17)15-12-14(25-2)10-11-16(15)26-3/h5-12,19H,4H2,1-3H3,(H2,22,23,28)/t19-/m0/s1. The normalized spacial score (nSPS) is 16.1. The Bertz CT molecular complexity index is 912. The molecule has 2 N–H and O–H groups in total. The van der Waals surface area contributed by atoms with Gasteiger partial charge in [-0.2, -0.15) is 0 Å². The molecule has 6 nitrogen and oxygen atoms in total. The minimum absolute atomic E-state index is 0.261. The molecule has 0 bridgehead atoms. The highest BCUT2D eigenvalue weighted by Crippen LogP contribution is 2.37. The van der Waals surface area contributed by atoms with Crippen LogP contribution in [0.5, 0.6) is 11.5 Å². The number of esters is 1. The Morgan fingerprint density at radius 2 is 1.86 bits per heavy atom. The monoisotopic (exact) mass is 398 g/mol. The van der Waals surface area contributed by atoms with Gasteiger partial charge >= 0.3 is 5.97 Å². The van der Waals surface area contributed by atoms with E-state index in [9.17, 15) is 4.79 Å². The van der Waals surface area contributed by atoms with E-state index in [2.05, 4.69) is 10.6 Å². The number of hydrogen-bond donors (Lipinski definition) is 2. The Hall–Kier alpha value is -3.06. The Kier molecular flexibility index (Phi) is 6.16. The summed E-state index contributed by atoms with van der Waals surface area (Å²) in [6.07, 6.45) is 0. The smallest absolute Gasteiger partial charge is 0.338 e. The molecule has 0 saturated carbocycles. The summed E-state index contributed by atoms with van der Waals surface area (Å²) in [4.78, 5) is 13.0. The number of methoxy groups -OCH3 is 2. The van der Waals surface area contributed by atoms with E-state index in [1.165, 1.54) is 0 Å². The van der Waals surface area contributed by atoms with Gasteiger partial charge in [-0.25, -0.2) is 4.79 Å². The SMILES string of the molecule is CCOC(=O)C1=C(c2ccccc2)NC(=S)N[C@H]1c1cc(OC)ccc1OC. The lowest BCUT2D eigenvalue weighted by Gasteiger charge is -2.32. The molecule has 1 atom stereocenters. The lowest BCUT2D eigenvalue weighted by Crippen LogP contribution is -2.45. The van der Waals surface area contributed by atoms with Crippen LogP contribution in [0.15, 0.2) is 54.1 Å². The van der Waals surface area contributed by atoms with Gasteiger partial charge < -0.3 is 24.8 Å². The van der Waals surface area contributed by atoms with Gasteiger partial charge in [0.15, 0.2) is 5.11 Å². The third kappa shape index (κ3) is 3.94. The van der Waals surface area contributed by atoms with E-state index in [1.807, 2.05) is 36.4 Å². The van der Waals surface area contributed by atoms with Crippen LogP contribution < -0.4 is 20.1 Å². The van der Waals surface area contributed by atoms with Crippen molar-refractivity contribution < 1.29 is 19.0 Å². The molecule has 28 heavy (non-hydrogen) atoms. The summed E-state index contributed by atoms with van der Waals surface area (Å²) in [5.74, 6) is 0.822. The number of benzene rings is 2. The fraction of sp³-hybridized carbons (Fsp3) is 0.238. The first-order valence-electron chi connectivity index (χ1n) is 8.85. The van der Waals surface area contributed by atoms with Crippen LogP contribution >= 0.6 is 12.2 Å². The van der Waals surface area contributed by atoms with E-state index in [4.69, 9.17) is 26.4 Å². The summed E-state index contributed by atoms with van der Waals surface area (Å²) in [5.41, 5.74) is 2.59. The van der Waals surface area contributed by atoms with Gasteiger partial charge in [0, 0.05) is 5.56 Å². The minimum Gasteiger partial charge on any atom is -0.497 e. The maximum Gasteiger partial charge on any atom is 0.338 e. The topological polar surface area (TPSA) is 68.8 Å². The van der Waals surface area contributed by atoms with Crippen LogP contribution in [0, 0.1) is 0 Å². The number of thiocarbonyl (C=S) groups is 1. The van der Waals surface area contributed by atoms with Crippen molar-refractivity contribution in [1.82, 2.24) is 10.6 Å². The molecule has 3 rings (SSSR count). The van der Waals surface area contributed by atoms with Gasteiger partial charge in [0.1, 0.15) is 11.5 Å². The van der Waals surface area contributed by atoms with Gasteiger partial charge in [-0.3, -0.25) is 0 Å². The van der Waals surface area contributed by atoms with Crippen molar-refractivity contribution in [3.63, 3.8) is 0 Å². The Balaban J connectivity index is 2.23. The number of ether oxygens (including phenoxy) is 3. The maximum absolute atomic E-state index is 13.0. The Morgan fingerprint density at radius 3 is 2.50 bits per heavy atom. The molecule has 1 aliphatic rings. The van der Waals surface area contributed by atoms with Gasteiger partial charge in [0.25, 0.3) is 0 Å². The first-order valence-corrected chi connectivity index (χ1v) is 9.26. The van der Waals surface area contributed by atoms with Crippen LogP contribution in [0.25, 0.3) is 5.70 Å². The number of hydrogen-bond acceptors (Lipinski definition) is 5. The van der Waals surface area contributed by atoms with Crippen molar-refractivity contribution in [2.75, 3.05) is 20.8 Å². The Morgan fingerprint density at radius 1 is 1.11 bits per heavy atom. The molecule has 0 spiro atoms. The van der Waals surface area contributed by atoms with Crippen LogP contribution in [-0.2, 0) is 9.53 Å². The highest BCUT2D eigenvalue weighted by Gasteiger charge is 2.34. The van der Waals surface area contributed by atoms with Gasteiger partial charge in [0.05, 0.1) is 38.1 Å². The quantitative estimate of drug-likeness (QED) is 0.572. The molecule has 0 fully saturated rings. The zero-order chi connectivity index (χ0) is 20.1. The van der Waals surface area contributed by atoms with Crippen LogP contribution in [0.1, 0.15) is 24.1 Å². The molecule has 0 amide bonds. The van der Waals surface area contributed by atoms with Crippen LogP contribution in [-0.4, -0.2) is 31.9 Å². The van der Waals surface area contributed by atoms with E-state index < -0.39 is 12.0 Å². The van der Waals surface area contributed by atoms with Gasteiger partial charge in [0.2, 0.25) is 0 Å². The number of carbonyl (C=O) groups is 1. The average Bonchev–Trinajstić information content (AvgIpc) is 2.73. The van der Waals surface area contributed by atoms with E-state index in [-0.39, 0.29) is 6.61 Å². The van der Waals surface area contributed by atoms with E-state index in [1.54, 1.807) is 33.3 Å². The van der Waals surface area contributed by atoms with Gasteiger partial charge in [-0.05, 0) is 42.9 Å². The zero-order valence-corrected chi connectivity index (χ0v) is 16.8. The highest BCUT2D eigenvalue weighted by molar-refractivity contribution is 7.80. The summed E-state index contributed by atoms with van der Waals surface area (Å²) >= 11 is 5.42. The largest absolute Gasteiger partial charge is 0.497 e. The predicted molar refractivity (Wildman–Crippen MR) is 111 cm³/mol. The van der Waals surface area contributed by atoms with Crippen molar-refractivity contribution in [2.45, 2.75) is 13.0 Å². The summed E-state index contributed by atoms with van der Waals surface area (Å²) in [6, 6.07) is 14.4. The molecule has 1 aliphatic heterocycles. The second-order valence-corrected chi connectivity index (χ2v) is 6.42.